The maximum atomic E-state index is 13.1. The van der Waals surface area contributed by atoms with Crippen molar-refractivity contribution < 1.29 is 33.3 Å². The van der Waals surface area contributed by atoms with Crippen LogP contribution < -0.4 is 24.3 Å². The third-order valence-electron chi connectivity index (χ3n) is 5.37. The number of carbonyl (C=O) groups excluding carboxylic acids is 2. The molecule has 0 saturated carbocycles. The summed E-state index contributed by atoms with van der Waals surface area (Å²) in [7, 11) is 3.03. The van der Waals surface area contributed by atoms with Crippen molar-refractivity contribution >= 4 is 28.2 Å². The summed E-state index contributed by atoms with van der Waals surface area (Å²) in [5.74, 6) is 1.51. The molecule has 0 radical (unpaired) electrons. The van der Waals surface area contributed by atoms with E-state index in [0.717, 1.165) is 16.0 Å². The summed E-state index contributed by atoms with van der Waals surface area (Å²) in [4.78, 5) is 26.8. The van der Waals surface area contributed by atoms with E-state index >= 15 is 0 Å². The number of nitrogens with one attached hydrogen (secondary N) is 1. The van der Waals surface area contributed by atoms with Crippen molar-refractivity contribution in [3.05, 3.63) is 63.5 Å². The molecule has 178 valence electrons. The monoisotopic (exact) mass is 483 g/mol. The van der Waals surface area contributed by atoms with E-state index in [4.69, 9.17) is 23.7 Å². The van der Waals surface area contributed by atoms with Crippen LogP contribution in [0.4, 0.5) is 5.00 Å². The lowest BCUT2D eigenvalue weighted by Gasteiger charge is -2.10. The first-order chi connectivity index (χ1) is 16.4. The van der Waals surface area contributed by atoms with Crippen molar-refractivity contribution in [1.29, 1.82) is 0 Å². The Morgan fingerprint density at radius 1 is 1.03 bits per heavy atom. The molecule has 1 aliphatic rings. The second-order valence-corrected chi connectivity index (χ2v) is 8.60. The quantitative estimate of drug-likeness (QED) is 0.459. The number of methoxy groups -OCH3 is 2. The summed E-state index contributed by atoms with van der Waals surface area (Å²) in [6.07, 6.45) is 0.558. The van der Waals surface area contributed by atoms with Crippen LogP contribution in [-0.2, 0) is 11.2 Å². The van der Waals surface area contributed by atoms with Crippen LogP contribution in [0.15, 0.2) is 36.4 Å². The molecule has 2 heterocycles. The number of hydrogen-bond acceptors (Lipinski definition) is 8. The van der Waals surface area contributed by atoms with Crippen molar-refractivity contribution in [2.24, 2.45) is 0 Å². The third-order valence-corrected chi connectivity index (χ3v) is 6.57. The predicted molar refractivity (Wildman–Crippen MR) is 128 cm³/mol. The zero-order valence-corrected chi connectivity index (χ0v) is 20.2. The fraction of sp³-hybridized carbons (Fsp3) is 0.280. The average molecular weight is 484 g/mol. The van der Waals surface area contributed by atoms with E-state index in [9.17, 15) is 9.59 Å². The number of benzene rings is 2. The Morgan fingerprint density at radius 2 is 1.74 bits per heavy atom. The number of thiophene rings is 1. The molecule has 8 nitrogen and oxygen atoms in total. The van der Waals surface area contributed by atoms with Crippen LogP contribution in [0.5, 0.6) is 23.0 Å². The van der Waals surface area contributed by atoms with Gasteiger partial charge in [0.05, 0.1) is 26.4 Å². The number of carbonyl (C=O) groups is 2. The first-order valence-corrected chi connectivity index (χ1v) is 11.5. The van der Waals surface area contributed by atoms with Gasteiger partial charge in [0, 0.05) is 22.9 Å². The van der Waals surface area contributed by atoms with Crippen LogP contribution in [0, 0.1) is 6.92 Å². The highest BCUT2D eigenvalue weighted by Gasteiger charge is 2.25. The molecule has 1 N–H and O–H groups in total. The second-order valence-electron chi connectivity index (χ2n) is 7.49. The summed E-state index contributed by atoms with van der Waals surface area (Å²) in [5.41, 5.74) is 2.46. The lowest BCUT2D eigenvalue weighted by molar-refractivity contribution is 0.0527. The highest BCUT2D eigenvalue weighted by Crippen LogP contribution is 2.38. The molecule has 4 rings (SSSR count). The van der Waals surface area contributed by atoms with E-state index in [1.165, 1.54) is 25.6 Å². The number of ether oxygens (including phenoxy) is 5. The molecule has 0 bridgehead atoms. The van der Waals surface area contributed by atoms with Gasteiger partial charge in [-0.3, -0.25) is 4.79 Å². The number of rotatable bonds is 8. The van der Waals surface area contributed by atoms with Crippen LogP contribution in [0.3, 0.4) is 0 Å². The Kier molecular flexibility index (Phi) is 6.93. The normalized spacial score (nSPS) is 11.8. The van der Waals surface area contributed by atoms with Crippen molar-refractivity contribution in [1.82, 2.24) is 0 Å². The molecule has 1 amide bonds. The van der Waals surface area contributed by atoms with Crippen LogP contribution in [0.1, 0.15) is 43.6 Å². The van der Waals surface area contributed by atoms with Gasteiger partial charge in [0.15, 0.2) is 11.5 Å². The van der Waals surface area contributed by atoms with Gasteiger partial charge in [0.1, 0.15) is 16.5 Å². The van der Waals surface area contributed by atoms with E-state index in [2.05, 4.69) is 5.32 Å². The second kappa shape index (κ2) is 10.0. The standard InChI is InChI=1S/C25H25NO7S/c1-5-31-25(28)22-14(2)21(9-15-6-7-19-20(8-15)33-13-32-19)34-24(22)26-23(27)16-10-17(29-3)12-18(11-16)30-4/h6-8,10-12H,5,9,13H2,1-4H3,(H,26,27). The van der Waals surface area contributed by atoms with Gasteiger partial charge in [-0.05, 0) is 49.2 Å². The molecule has 0 saturated heterocycles. The number of hydrogen-bond donors (Lipinski definition) is 1. The Bertz CT molecular complexity index is 1210. The van der Waals surface area contributed by atoms with Crippen molar-refractivity contribution in [3.8, 4) is 23.0 Å². The van der Waals surface area contributed by atoms with Gasteiger partial charge in [-0.15, -0.1) is 11.3 Å². The molecule has 3 aromatic rings. The van der Waals surface area contributed by atoms with Crippen LogP contribution in [0.25, 0.3) is 0 Å². The number of amides is 1. The van der Waals surface area contributed by atoms with Gasteiger partial charge in [-0.2, -0.15) is 0 Å². The van der Waals surface area contributed by atoms with E-state index in [1.54, 1.807) is 25.1 Å². The summed E-state index contributed by atoms with van der Waals surface area (Å²) >= 11 is 1.34. The van der Waals surface area contributed by atoms with E-state index in [0.29, 0.717) is 45.5 Å². The first kappa shape index (κ1) is 23.4. The topological polar surface area (TPSA) is 92.3 Å². The van der Waals surface area contributed by atoms with Crippen molar-refractivity contribution in [2.75, 3.05) is 32.9 Å². The predicted octanol–water partition coefficient (Wildman–Crippen LogP) is 4.82. The summed E-state index contributed by atoms with van der Waals surface area (Å²) < 4.78 is 26.7. The van der Waals surface area contributed by atoms with Gasteiger partial charge in [0.25, 0.3) is 5.91 Å². The number of fused-ring (bicyclic) bond motifs is 1. The smallest absolute Gasteiger partial charge is 0.341 e. The molecular formula is C25H25NO7S. The summed E-state index contributed by atoms with van der Waals surface area (Å²) in [6, 6.07) is 10.6. The Hall–Kier alpha value is -3.72. The van der Waals surface area contributed by atoms with Crippen LogP contribution in [-0.4, -0.2) is 39.5 Å². The number of anilines is 1. The third kappa shape index (κ3) is 4.79. The fourth-order valence-electron chi connectivity index (χ4n) is 3.62. The first-order valence-electron chi connectivity index (χ1n) is 10.7. The van der Waals surface area contributed by atoms with E-state index in [1.807, 2.05) is 25.1 Å². The summed E-state index contributed by atoms with van der Waals surface area (Å²) in [5, 5.41) is 3.31. The largest absolute Gasteiger partial charge is 0.497 e. The highest BCUT2D eigenvalue weighted by molar-refractivity contribution is 7.17. The van der Waals surface area contributed by atoms with E-state index in [-0.39, 0.29) is 13.4 Å². The minimum Gasteiger partial charge on any atom is -0.497 e. The van der Waals surface area contributed by atoms with Crippen LogP contribution >= 0.6 is 11.3 Å². The minimum atomic E-state index is -0.480. The van der Waals surface area contributed by atoms with Gasteiger partial charge in [-0.1, -0.05) is 6.07 Å². The zero-order valence-electron chi connectivity index (χ0n) is 19.4. The molecule has 34 heavy (non-hydrogen) atoms. The molecule has 9 heteroatoms. The Labute approximate surface area is 201 Å². The zero-order chi connectivity index (χ0) is 24.2. The maximum Gasteiger partial charge on any atom is 0.341 e. The van der Waals surface area contributed by atoms with Crippen molar-refractivity contribution in [2.45, 2.75) is 20.3 Å². The summed E-state index contributed by atoms with van der Waals surface area (Å²) in [6.45, 7) is 4.03. The van der Waals surface area contributed by atoms with Gasteiger partial charge in [0.2, 0.25) is 6.79 Å². The molecular weight excluding hydrogens is 458 g/mol. The van der Waals surface area contributed by atoms with Crippen molar-refractivity contribution in [3.63, 3.8) is 0 Å². The molecule has 1 aromatic heterocycles. The molecule has 0 fully saturated rings. The molecule has 0 unspecified atom stereocenters. The van der Waals surface area contributed by atoms with Crippen LogP contribution in [0.2, 0.25) is 0 Å². The molecule has 1 aliphatic heterocycles. The van der Waals surface area contributed by atoms with Gasteiger partial charge >= 0.3 is 5.97 Å². The lowest BCUT2D eigenvalue weighted by Crippen LogP contribution is -2.15. The molecule has 2 aromatic carbocycles. The fourth-order valence-corrected chi connectivity index (χ4v) is 4.84. The Balaban J connectivity index is 1.66. The Morgan fingerprint density at radius 3 is 2.41 bits per heavy atom. The van der Waals surface area contributed by atoms with Gasteiger partial charge < -0.3 is 29.0 Å². The van der Waals surface area contributed by atoms with Gasteiger partial charge in [-0.25, -0.2) is 4.79 Å². The average Bonchev–Trinajstić information content (AvgIpc) is 3.42. The van der Waals surface area contributed by atoms with E-state index < -0.39 is 11.9 Å². The highest BCUT2D eigenvalue weighted by atomic mass is 32.1. The SMILES string of the molecule is CCOC(=O)c1c(NC(=O)c2cc(OC)cc(OC)c2)sc(Cc2ccc3c(c2)OCO3)c1C. The molecule has 0 spiro atoms. The number of esters is 1. The lowest BCUT2D eigenvalue weighted by atomic mass is 10.1. The minimum absolute atomic E-state index is 0.203. The maximum absolute atomic E-state index is 13.1. The molecule has 0 aliphatic carbocycles. The molecule has 0 atom stereocenters.